The highest BCUT2D eigenvalue weighted by Gasteiger charge is 2.25. The minimum absolute atomic E-state index is 0.183. The third-order valence-electron chi connectivity index (χ3n) is 4.82. The monoisotopic (exact) mass is 359 g/mol. The summed E-state index contributed by atoms with van der Waals surface area (Å²) in [6, 6.07) is 13.5. The third kappa shape index (κ3) is 2.79. The number of nitrogens with zero attached hydrogens (tertiary/aromatic N) is 3. The number of carbonyl (C=O) groups excluding carboxylic acids is 1. The SMILES string of the molecule is O=C(c1cncc(-c2ccc3c(c2)OCC3)n1)N1CCOc2ccccc21. The van der Waals surface area contributed by atoms with Crippen molar-refractivity contribution in [3.63, 3.8) is 0 Å². The summed E-state index contributed by atoms with van der Waals surface area (Å²) in [7, 11) is 0. The predicted octanol–water partition coefficient (Wildman–Crippen LogP) is 3.12. The molecule has 6 heteroatoms. The predicted molar refractivity (Wildman–Crippen MR) is 100 cm³/mol. The van der Waals surface area contributed by atoms with Crippen molar-refractivity contribution in [2.45, 2.75) is 6.42 Å². The number of para-hydroxylation sites is 2. The van der Waals surface area contributed by atoms with Crippen LogP contribution in [0.25, 0.3) is 11.3 Å². The van der Waals surface area contributed by atoms with E-state index >= 15 is 0 Å². The molecular weight excluding hydrogens is 342 g/mol. The summed E-state index contributed by atoms with van der Waals surface area (Å²) < 4.78 is 11.3. The normalized spacial score (nSPS) is 14.7. The fourth-order valence-electron chi connectivity index (χ4n) is 3.45. The molecule has 6 nitrogen and oxygen atoms in total. The Morgan fingerprint density at radius 2 is 1.89 bits per heavy atom. The number of anilines is 1. The van der Waals surface area contributed by atoms with Crippen LogP contribution in [0.5, 0.6) is 11.5 Å². The number of fused-ring (bicyclic) bond motifs is 2. The van der Waals surface area contributed by atoms with Gasteiger partial charge in [-0.3, -0.25) is 9.78 Å². The minimum Gasteiger partial charge on any atom is -0.493 e. The van der Waals surface area contributed by atoms with E-state index < -0.39 is 0 Å². The molecule has 0 spiro atoms. The van der Waals surface area contributed by atoms with Gasteiger partial charge >= 0.3 is 0 Å². The number of ether oxygens (including phenoxy) is 2. The Morgan fingerprint density at radius 1 is 1.00 bits per heavy atom. The van der Waals surface area contributed by atoms with Crippen molar-refractivity contribution in [2.75, 3.05) is 24.7 Å². The second kappa shape index (κ2) is 6.39. The number of carbonyl (C=O) groups is 1. The van der Waals surface area contributed by atoms with Gasteiger partial charge in [-0.05, 0) is 23.8 Å². The van der Waals surface area contributed by atoms with Crippen molar-refractivity contribution in [3.05, 3.63) is 66.1 Å². The molecule has 0 atom stereocenters. The van der Waals surface area contributed by atoms with Crippen molar-refractivity contribution in [1.82, 2.24) is 9.97 Å². The lowest BCUT2D eigenvalue weighted by Crippen LogP contribution is -2.38. The number of hydrogen-bond acceptors (Lipinski definition) is 5. The van der Waals surface area contributed by atoms with E-state index in [4.69, 9.17) is 9.47 Å². The molecule has 1 amide bonds. The Labute approximate surface area is 156 Å². The highest BCUT2D eigenvalue weighted by Crippen LogP contribution is 2.33. The van der Waals surface area contributed by atoms with Gasteiger partial charge in [0.15, 0.2) is 0 Å². The average Bonchev–Trinajstić information content (AvgIpc) is 3.21. The molecule has 0 fully saturated rings. The Hall–Kier alpha value is -3.41. The zero-order chi connectivity index (χ0) is 18.2. The summed E-state index contributed by atoms with van der Waals surface area (Å²) in [6.45, 7) is 1.64. The number of aromatic nitrogens is 2. The highest BCUT2D eigenvalue weighted by molar-refractivity contribution is 6.06. The van der Waals surface area contributed by atoms with E-state index in [0.717, 1.165) is 23.4 Å². The summed E-state index contributed by atoms with van der Waals surface area (Å²) in [5.41, 5.74) is 3.81. The first-order valence-electron chi connectivity index (χ1n) is 8.91. The van der Waals surface area contributed by atoms with Crippen LogP contribution in [0.4, 0.5) is 5.69 Å². The number of rotatable bonds is 2. The Kier molecular flexibility index (Phi) is 3.74. The van der Waals surface area contributed by atoms with Gasteiger partial charge < -0.3 is 14.4 Å². The molecule has 0 bridgehead atoms. The molecule has 0 N–H and O–H groups in total. The zero-order valence-corrected chi connectivity index (χ0v) is 14.6. The van der Waals surface area contributed by atoms with E-state index in [0.29, 0.717) is 36.9 Å². The lowest BCUT2D eigenvalue weighted by molar-refractivity contribution is 0.0971. The van der Waals surface area contributed by atoms with Crippen LogP contribution < -0.4 is 14.4 Å². The number of amides is 1. The van der Waals surface area contributed by atoms with Crippen LogP contribution in [-0.4, -0.2) is 35.6 Å². The lowest BCUT2D eigenvalue weighted by Gasteiger charge is -2.29. The van der Waals surface area contributed by atoms with Crippen LogP contribution >= 0.6 is 0 Å². The molecule has 2 aromatic carbocycles. The largest absolute Gasteiger partial charge is 0.493 e. The van der Waals surface area contributed by atoms with Crippen LogP contribution in [0.15, 0.2) is 54.9 Å². The molecule has 27 heavy (non-hydrogen) atoms. The summed E-state index contributed by atoms with van der Waals surface area (Å²) in [5, 5.41) is 0. The maximum Gasteiger partial charge on any atom is 0.278 e. The van der Waals surface area contributed by atoms with E-state index in [1.165, 1.54) is 11.8 Å². The van der Waals surface area contributed by atoms with Gasteiger partial charge in [-0.2, -0.15) is 0 Å². The third-order valence-corrected chi connectivity index (χ3v) is 4.82. The summed E-state index contributed by atoms with van der Waals surface area (Å²) in [5.74, 6) is 1.41. The molecule has 0 aliphatic carbocycles. The number of benzene rings is 2. The average molecular weight is 359 g/mol. The fourth-order valence-corrected chi connectivity index (χ4v) is 3.45. The lowest BCUT2D eigenvalue weighted by atomic mass is 10.1. The second-order valence-electron chi connectivity index (χ2n) is 6.48. The molecule has 3 heterocycles. The highest BCUT2D eigenvalue weighted by atomic mass is 16.5. The van der Waals surface area contributed by atoms with Gasteiger partial charge in [-0.15, -0.1) is 0 Å². The van der Waals surface area contributed by atoms with E-state index in [9.17, 15) is 4.79 Å². The molecule has 0 radical (unpaired) electrons. The molecule has 0 saturated carbocycles. The molecule has 0 unspecified atom stereocenters. The van der Waals surface area contributed by atoms with E-state index in [-0.39, 0.29) is 5.91 Å². The summed E-state index contributed by atoms with van der Waals surface area (Å²) in [6.07, 6.45) is 4.10. The number of hydrogen-bond donors (Lipinski definition) is 0. The van der Waals surface area contributed by atoms with Crippen LogP contribution in [0, 0.1) is 0 Å². The van der Waals surface area contributed by atoms with Crippen molar-refractivity contribution in [1.29, 1.82) is 0 Å². The quantitative estimate of drug-likeness (QED) is 0.703. The first-order chi connectivity index (χ1) is 13.3. The van der Waals surface area contributed by atoms with Crippen molar-refractivity contribution in [3.8, 4) is 22.8 Å². The van der Waals surface area contributed by atoms with Crippen LogP contribution in [0.1, 0.15) is 16.1 Å². The van der Waals surface area contributed by atoms with E-state index in [1.807, 2.05) is 42.5 Å². The molecule has 2 aliphatic rings. The van der Waals surface area contributed by atoms with Gasteiger partial charge in [0.05, 0.1) is 36.9 Å². The standard InChI is InChI=1S/C21H17N3O3/c25-21(24-8-10-27-19-4-2-1-3-18(19)24)17-13-22-12-16(23-17)15-6-5-14-7-9-26-20(14)11-15/h1-6,11-13H,7-10H2. The van der Waals surface area contributed by atoms with Gasteiger partial charge in [0.2, 0.25) is 0 Å². The Bertz CT molecular complexity index is 1030. The Balaban J connectivity index is 1.48. The molecule has 5 rings (SSSR count). The maximum absolute atomic E-state index is 13.1. The van der Waals surface area contributed by atoms with Crippen LogP contribution in [-0.2, 0) is 6.42 Å². The fraction of sp³-hybridized carbons (Fsp3) is 0.190. The topological polar surface area (TPSA) is 64.5 Å². The summed E-state index contributed by atoms with van der Waals surface area (Å²) in [4.78, 5) is 23.6. The second-order valence-corrected chi connectivity index (χ2v) is 6.48. The first-order valence-corrected chi connectivity index (χ1v) is 8.91. The van der Waals surface area contributed by atoms with Crippen molar-refractivity contribution in [2.24, 2.45) is 0 Å². The molecule has 2 aliphatic heterocycles. The molecule has 3 aromatic rings. The molecular formula is C21H17N3O3. The summed E-state index contributed by atoms with van der Waals surface area (Å²) >= 11 is 0. The molecule has 1 aromatic heterocycles. The molecule has 0 saturated heterocycles. The minimum atomic E-state index is -0.183. The van der Waals surface area contributed by atoms with Crippen LogP contribution in [0.2, 0.25) is 0 Å². The first kappa shape index (κ1) is 15.8. The van der Waals surface area contributed by atoms with Gasteiger partial charge in [-0.1, -0.05) is 24.3 Å². The van der Waals surface area contributed by atoms with Crippen molar-refractivity contribution >= 4 is 11.6 Å². The Morgan fingerprint density at radius 3 is 2.85 bits per heavy atom. The van der Waals surface area contributed by atoms with Gasteiger partial charge in [0, 0.05) is 12.0 Å². The van der Waals surface area contributed by atoms with E-state index in [1.54, 1.807) is 11.1 Å². The maximum atomic E-state index is 13.1. The van der Waals surface area contributed by atoms with Gasteiger partial charge in [0.25, 0.3) is 5.91 Å². The van der Waals surface area contributed by atoms with Gasteiger partial charge in [-0.25, -0.2) is 4.98 Å². The van der Waals surface area contributed by atoms with Gasteiger partial charge in [0.1, 0.15) is 23.8 Å². The zero-order valence-electron chi connectivity index (χ0n) is 14.6. The van der Waals surface area contributed by atoms with Crippen LogP contribution in [0.3, 0.4) is 0 Å². The molecule has 134 valence electrons. The van der Waals surface area contributed by atoms with Crippen molar-refractivity contribution < 1.29 is 14.3 Å². The van der Waals surface area contributed by atoms with E-state index in [2.05, 4.69) is 9.97 Å². The smallest absolute Gasteiger partial charge is 0.278 e.